The Hall–Kier alpha value is -1.71. The van der Waals surface area contributed by atoms with Crippen LogP contribution in [0, 0.1) is 0 Å². The number of halogens is 1. The normalized spacial score (nSPS) is 22.5. The average molecular weight is 259 g/mol. The maximum atomic E-state index is 14.1. The van der Waals surface area contributed by atoms with Crippen molar-refractivity contribution in [2.24, 2.45) is 0 Å². The van der Waals surface area contributed by atoms with Gasteiger partial charge >= 0.3 is 0 Å². The van der Waals surface area contributed by atoms with Crippen LogP contribution in [0.3, 0.4) is 0 Å². The lowest BCUT2D eigenvalue weighted by Gasteiger charge is -2.15. The summed E-state index contributed by atoms with van der Waals surface area (Å²) >= 11 is 0. The van der Waals surface area contributed by atoms with Crippen molar-refractivity contribution in [2.75, 3.05) is 0 Å². The molecular weight excluding hydrogens is 241 g/mol. The van der Waals surface area contributed by atoms with E-state index in [9.17, 15) is 4.39 Å². The van der Waals surface area contributed by atoms with Crippen molar-refractivity contribution in [1.29, 1.82) is 0 Å². The molecule has 1 aliphatic rings. The molecule has 2 heterocycles. The number of fused-ring (bicyclic) bond motifs is 1. The number of nitrogens with zero attached hydrogens (tertiary/aromatic N) is 3. The van der Waals surface area contributed by atoms with Crippen LogP contribution < -0.4 is 0 Å². The van der Waals surface area contributed by atoms with Gasteiger partial charge in [-0.25, -0.2) is 14.1 Å². The van der Waals surface area contributed by atoms with Crippen molar-refractivity contribution < 1.29 is 4.39 Å². The fourth-order valence-electron chi connectivity index (χ4n) is 2.45. The van der Waals surface area contributed by atoms with E-state index >= 15 is 0 Å². The number of rotatable bonds is 1. The van der Waals surface area contributed by atoms with E-state index < -0.39 is 6.17 Å². The quantitative estimate of drug-likeness (QED) is 0.783. The maximum absolute atomic E-state index is 14.1. The van der Waals surface area contributed by atoms with E-state index in [1.807, 2.05) is 51.1 Å². The lowest BCUT2D eigenvalue weighted by atomic mass is 9.96. The number of alkyl halides is 1. The van der Waals surface area contributed by atoms with Gasteiger partial charge in [-0.15, -0.1) is 0 Å². The van der Waals surface area contributed by atoms with Crippen molar-refractivity contribution in [3.05, 3.63) is 47.5 Å². The first-order valence-corrected chi connectivity index (χ1v) is 6.63. The molecule has 1 aromatic carbocycles. The fraction of sp³-hybridized carbons (Fsp3) is 0.467. The first kappa shape index (κ1) is 12.3. The van der Waals surface area contributed by atoms with E-state index in [0.717, 1.165) is 5.56 Å². The number of hydrogen-bond acceptors (Lipinski definition) is 2. The number of aromatic nitrogens is 3. The zero-order chi connectivity index (χ0) is 13.6. The van der Waals surface area contributed by atoms with Crippen LogP contribution in [0.4, 0.5) is 4.39 Å². The minimum Gasteiger partial charge on any atom is -0.239 e. The van der Waals surface area contributed by atoms with Gasteiger partial charge < -0.3 is 0 Å². The first-order chi connectivity index (χ1) is 8.97. The van der Waals surface area contributed by atoms with E-state index in [4.69, 9.17) is 0 Å². The van der Waals surface area contributed by atoms with Crippen LogP contribution in [0.15, 0.2) is 30.3 Å². The SMILES string of the molecule is CC(C)(C)c1nc2n(n1)[C@@H](c1ccccc1)C[C@@H]2F. The topological polar surface area (TPSA) is 30.7 Å². The van der Waals surface area contributed by atoms with Crippen LogP contribution in [-0.2, 0) is 5.41 Å². The molecule has 1 aliphatic heterocycles. The number of benzene rings is 1. The lowest BCUT2D eigenvalue weighted by Crippen LogP contribution is -2.16. The van der Waals surface area contributed by atoms with Gasteiger partial charge in [-0.3, -0.25) is 0 Å². The molecule has 0 saturated carbocycles. The summed E-state index contributed by atoms with van der Waals surface area (Å²) in [5.74, 6) is 1.18. The van der Waals surface area contributed by atoms with E-state index in [0.29, 0.717) is 18.1 Å². The van der Waals surface area contributed by atoms with Crippen LogP contribution in [-0.4, -0.2) is 14.8 Å². The van der Waals surface area contributed by atoms with Gasteiger partial charge in [-0.05, 0) is 5.56 Å². The Labute approximate surface area is 112 Å². The third-order valence-electron chi connectivity index (χ3n) is 3.52. The number of hydrogen-bond donors (Lipinski definition) is 0. The minimum atomic E-state index is -1.02. The van der Waals surface area contributed by atoms with E-state index in [-0.39, 0.29) is 11.5 Å². The van der Waals surface area contributed by atoms with Crippen LogP contribution >= 0.6 is 0 Å². The highest BCUT2D eigenvalue weighted by Crippen LogP contribution is 2.40. The van der Waals surface area contributed by atoms with Gasteiger partial charge in [0.1, 0.15) is 0 Å². The Morgan fingerprint density at radius 1 is 1.21 bits per heavy atom. The molecule has 3 nitrogen and oxygen atoms in total. The minimum absolute atomic E-state index is 0.0326. The Bertz CT molecular complexity index is 583. The van der Waals surface area contributed by atoms with Gasteiger partial charge in [0.15, 0.2) is 17.8 Å². The van der Waals surface area contributed by atoms with Gasteiger partial charge in [0.25, 0.3) is 0 Å². The zero-order valence-electron chi connectivity index (χ0n) is 11.5. The summed E-state index contributed by atoms with van der Waals surface area (Å²) in [4.78, 5) is 4.40. The standard InChI is InChI=1S/C15H18FN3/c1-15(2,3)14-17-13-11(16)9-12(19(13)18-14)10-7-5-4-6-8-10/h4-8,11-12H,9H2,1-3H3/t11-,12+/m0/s1. The summed E-state index contributed by atoms with van der Waals surface area (Å²) in [7, 11) is 0. The van der Waals surface area contributed by atoms with E-state index in [1.54, 1.807) is 4.68 Å². The molecule has 0 aliphatic carbocycles. The van der Waals surface area contributed by atoms with Crippen molar-refractivity contribution in [2.45, 2.75) is 44.8 Å². The molecule has 2 atom stereocenters. The van der Waals surface area contributed by atoms with Crippen molar-refractivity contribution in [1.82, 2.24) is 14.8 Å². The van der Waals surface area contributed by atoms with E-state index in [2.05, 4.69) is 10.1 Å². The van der Waals surface area contributed by atoms with Gasteiger partial charge in [0.05, 0.1) is 6.04 Å². The van der Waals surface area contributed by atoms with Gasteiger partial charge in [-0.2, -0.15) is 5.10 Å². The van der Waals surface area contributed by atoms with Gasteiger partial charge in [0, 0.05) is 11.8 Å². The van der Waals surface area contributed by atoms with Gasteiger partial charge in [-0.1, -0.05) is 51.1 Å². The average Bonchev–Trinajstić information content (AvgIpc) is 2.91. The Balaban J connectivity index is 2.04. The smallest absolute Gasteiger partial charge is 0.162 e. The Morgan fingerprint density at radius 2 is 1.89 bits per heavy atom. The molecule has 1 aromatic heterocycles. The van der Waals surface area contributed by atoms with Gasteiger partial charge in [0.2, 0.25) is 0 Å². The summed E-state index contributed by atoms with van der Waals surface area (Å²) in [5.41, 5.74) is 0.937. The molecule has 0 radical (unpaired) electrons. The molecule has 4 heteroatoms. The summed E-state index contributed by atoms with van der Waals surface area (Å²) in [6, 6.07) is 9.92. The molecular formula is C15H18FN3. The second-order valence-electron chi connectivity index (χ2n) is 6.12. The molecule has 0 saturated heterocycles. The molecule has 0 N–H and O–H groups in total. The summed E-state index contributed by atoms with van der Waals surface area (Å²) in [6.07, 6.45) is -0.585. The molecule has 19 heavy (non-hydrogen) atoms. The predicted molar refractivity (Wildman–Crippen MR) is 71.8 cm³/mol. The molecule has 2 aromatic rings. The summed E-state index contributed by atoms with van der Waals surface area (Å²) in [5, 5.41) is 4.54. The summed E-state index contributed by atoms with van der Waals surface area (Å²) in [6.45, 7) is 6.13. The van der Waals surface area contributed by atoms with Crippen molar-refractivity contribution in [3.63, 3.8) is 0 Å². The van der Waals surface area contributed by atoms with Crippen molar-refractivity contribution in [3.8, 4) is 0 Å². The lowest BCUT2D eigenvalue weighted by molar-refractivity contribution is 0.326. The van der Waals surface area contributed by atoms with Crippen LogP contribution in [0.5, 0.6) is 0 Å². The molecule has 0 amide bonds. The zero-order valence-corrected chi connectivity index (χ0v) is 11.5. The Kier molecular flexibility index (Phi) is 2.69. The fourth-order valence-corrected chi connectivity index (χ4v) is 2.45. The second kappa shape index (κ2) is 4.15. The third-order valence-corrected chi connectivity index (χ3v) is 3.52. The largest absolute Gasteiger partial charge is 0.239 e. The predicted octanol–water partition coefficient (Wildman–Crippen LogP) is 3.58. The highest BCUT2D eigenvalue weighted by atomic mass is 19.1. The molecule has 100 valence electrons. The molecule has 0 fully saturated rings. The second-order valence-corrected chi connectivity index (χ2v) is 6.12. The molecule has 0 unspecified atom stereocenters. The highest BCUT2D eigenvalue weighted by Gasteiger charge is 2.36. The molecule has 0 spiro atoms. The van der Waals surface area contributed by atoms with E-state index in [1.165, 1.54) is 0 Å². The summed E-state index contributed by atoms with van der Waals surface area (Å²) < 4.78 is 15.9. The van der Waals surface area contributed by atoms with Crippen molar-refractivity contribution >= 4 is 0 Å². The van der Waals surface area contributed by atoms with Crippen LogP contribution in [0.25, 0.3) is 0 Å². The molecule has 3 rings (SSSR count). The monoisotopic (exact) mass is 259 g/mol. The molecule has 0 bridgehead atoms. The first-order valence-electron chi connectivity index (χ1n) is 6.63. The van der Waals surface area contributed by atoms with Crippen LogP contribution in [0.2, 0.25) is 0 Å². The maximum Gasteiger partial charge on any atom is 0.162 e. The highest BCUT2D eigenvalue weighted by molar-refractivity contribution is 5.24. The Morgan fingerprint density at radius 3 is 2.53 bits per heavy atom. The van der Waals surface area contributed by atoms with Crippen LogP contribution in [0.1, 0.15) is 56.6 Å². The third kappa shape index (κ3) is 2.05.